The van der Waals surface area contributed by atoms with E-state index in [-0.39, 0.29) is 17.0 Å². The van der Waals surface area contributed by atoms with Gasteiger partial charge in [0.1, 0.15) is 17.9 Å². The molecule has 1 saturated carbocycles. The van der Waals surface area contributed by atoms with Gasteiger partial charge in [-0.05, 0) is 33.1 Å². The Hall–Kier alpha value is -3.23. The van der Waals surface area contributed by atoms with E-state index in [1.165, 1.54) is 12.7 Å². The summed E-state index contributed by atoms with van der Waals surface area (Å²) in [7, 11) is 0. The summed E-state index contributed by atoms with van der Waals surface area (Å²) < 4.78 is 5.77. The SMILES string of the molecule is Cc1oc2ncnc(NC3(C)CC3)c2c1C(=O)N1CCc2c(nc[nH]c2=O)C1. The average Bonchev–Trinajstić information content (AvgIpc) is 3.29. The number of carbonyl (C=O) groups is 1. The van der Waals surface area contributed by atoms with Gasteiger partial charge in [0.25, 0.3) is 11.5 Å². The van der Waals surface area contributed by atoms with Crippen LogP contribution in [0.5, 0.6) is 0 Å². The Morgan fingerprint density at radius 1 is 1.32 bits per heavy atom. The molecule has 0 atom stereocenters. The second-order valence-electron chi connectivity index (χ2n) is 7.75. The number of hydrogen-bond acceptors (Lipinski definition) is 7. The Labute approximate surface area is 160 Å². The normalized spacial score (nSPS) is 17.4. The zero-order chi connectivity index (χ0) is 19.5. The van der Waals surface area contributed by atoms with Crippen molar-refractivity contribution in [3.8, 4) is 0 Å². The van der Waals surface area contributed by atoms with Gasteiger partial charge in [-0.25, -0.2) is 15.0 Å². The van der Waals surface area contributed by atoms with Crippen molar-refractivity contribution in [1.82, 2.24) is 24.8 Å². The van der Waals surface area contributed by atoms with Crippen LogP contribution in [0.1, 0.15) is 47.1 Å². The van der Waals surface area contributed by atoms with Crippen molar-refractivity contribution in [2.75, 3.05) is 11.9 Å². The molecule has 0 bridgehead atoms. The molecule has 1 fully saturated rings. The monoisotopic (exact) mass is 380 g/mol. The second kappa shape index (κ2) is 5.88. The molecule has 0 aromatic carbocycles. The van der Waals surface area contributed by atoms with Crippen LogP contribution in [-0.4, -0.2) is 42.8 Å². The molecule has 5 rings (SSSR count). The Balaban J connectivity index is 1.55. The lowest BCUT2D eigenvalue weighted by Crippen LogP contribution is -2.39. The first-order valence-electron chi connectivity index (χ1n) is 9.32. The van der Waals surface area contributed by atoms with Crippen LogP contribution >= 0.6 is 0 Å². The number of rotatable bonds is 3. The molecule has 1 aliphatic carbocycles. The molecule has 144 valence electrons. The minimum Gasteiger partial charge on any atom is -0.442 e. The Morgan fingerprint density at radius 3 is 2.93 bits per heavy atom. The van der Waals surface area contributed by atoms with Gasteiger partial charge < -0.3 is 19.6 Å². The van der Waals surface area contributed by atoms with E-state index in [2.05, 4.69) is 32.2 Å². The molecular weight excluding hydrogens is 360 g/mol. The lowest BCUT2D eigenvalue weighted by molar-refractivity contribution is 0.0731. The fourth-order valence-electron chi connectivity index (χ4n) is 3.69. The number of nitrogens with zero attached hydrogens (tertiary/aromatic N) is 4. The third-order valence-corrected chi connectivity index (χ3v) is 5.60. The standard InChI is InChI=1S/C19H20N6O3/c1-10-13(14-15(24-19(2)4-5-19)21-9-23-17(14)28-10)18(27)25-6-3-11-12(7-25)20-8-22-16(11)26/h8-9H,3-7H2,1-2H3,(H,20,22,26)(H,21,23,24). The van der Waals surface area contributed by atoms with Crippen LogP contribution in [0.25, 0.3) is 11.1 Å². The molecule has 1 aliphatic heterocycles. The van der Waals surface area contributed by atoms with Crippen LogP contribution in [0.15, 0.2) is 21.9 Å². The number of carbonyl (C=O) groups excluding carboxylic acids is 1. The summed E-state index contributed by atoms with van der Waals surface area (Å²) in [4.78, 5) is 42.4. The molecule has 0 radical (unpaired) electrons. The topological polar surface area (TPSA) is 117 Å². The van der Waals surface area contributed by atoms with Gasteiger partial charge in [0.15, 0.2) is 0 Å². The highest BCUT2D eigenvalue weighted by Crippen LogP contribution is 2.40. The molecule has 3 aromatic heterocycles. The highest BCUT2D eigenvalue weighted by molar-refractivity contribution is 6.10. The van der Waals surface area contributed by atoms with Gasteiger partial charge in [-0.2, -0.15) is 0 Å². The van der Waals surface area contributed by atoms with Crippen LogP contribution in [0, 0.1) is 6.92 Å². The summed E-state index contributed by atoms with van der Waals surface area (Å²) in [6.45, 7) is 4.62. The van der Waals surface area contributed by atoms with Crippen LogP contribution in [-0.2, 0) is 13.0 Å². The first-order chi connectivity index (χ1) is 13.5. The quantitative estimate of drug-likeness (QED) is 0.711. The molecule has 1 amide bonds. The van der Waals surface area contributed by atoms with Crippen LogP contribution in [0.4, 0.5) is 5.82 Å². The van der Waals surface area contributed by atoms with Crippen LogP contribution < -0.4 is 10.9 Å². The van der Waals surface area contributed by atoms with Gasteiger partial charge in [-0.3, -0.25) is 9.59 Å². The number of aryl methyl sites for hydroxylation is 1. The van der Waals surface area contributed by atoms with E-state index in [1.807, 2.05) is 0 Å². The Kier molecular flexibility index (Phi) is 3.55. The summed E-state index contributed by atoms with van der Waals surface area (Å²) in [5.41, 5.74) is 2.01. The van der Waals surface area contributed by atoms with Gasteiger partial charge in [0.2, 0.25) is 5.71 Å². The highest BCUT2D eigenvalue weighted by Gasteiger charge is 2.39. The van der Waals surface area contributed by atoms with Gasteiger partial charge in [0, 0.05) is 17.6 Å². The largest absolute Gasteiger partial charge is 0.442 e. The maximum atomic E-state index is 13.4. The number of aromatic nitrogens is 4. The molecule has 0 saturated heterocycles. The van der Waals surface area contributed by atoms with E-state index in [1.54, 1.807) is 11.8 Å². The first kappa shape index (κ1) is 16.9. The first-order valence-corrected chi connectivity index (χ1v) is 9.32. The van der Waals surface area contributed by atoms with Crippen molar-refractivity contribution in [3.63, 3.8) is 0 Å². The molecule has 9 heteroatoms. The third-order valence-electron chi connectivity index (χ3n) is 5.60. The lowest BCUT2D eigenvalue weighted by atomic mass is 10.0. The molecule has 3 aromatic rings. The summed E-state index contributed by atoms with van der Waals surface area (Å²) >= 11 is 0. The van der Waals surface area contributed by atoms with E-state index >= 15 is 0 Å². The number of hydrogen-bond donors (Lipinski definition) is 2. The zero-order valence-corrected chi connectivity index (χ0v) is 15.7. The smallest absolute Gasteiger partial charge is 0.258 e. The molecule has 2 aliphatic rings. The Morgan fingerprint density at radius 2 is 2.14 bits per heavy atom. The van der Waals surface area contributed by atoms with E-state index in [0.717, 1.165) is 12.8 Å². The zero-order valence-electron chi connectivity index (χ0n) is 15.7. The van der Waals surface area contributed by atoms with Crippen LogP contribution in [0.2, 0.25) is 0 Å². The maximum absolute atomic E-state index is 13.4. The van der Waals surface area contributed by atoms with Crippen LogP contribution in [0.3, 0.4) is 0 Å². The highest BCUT2D eigenvalue weighted by atomic mass is 16.3. The summed E-state index contributed by atoms with van der Waals surface area (Å²) in [6.07, 6.45) is 5.41. The van der Waals surface area contributed by atoms with E-state index in [9.17, 15) is 9.59 Å². The summed E-state index contributed by atoms with van der Waals surface area (Å²) in [5.74, 6) is 0.967. The fraction of sp³-hybridized carbons (Fsp3) is 0.421. The number of amides is 1. The van der Waals surface area contributed by atoms with Crippen molar-refractivity contribution >= 4 is 22.8 Å². The third kappa shape index (κ3) is 2.65. The molecule has 9 nitrogen and oxygen atoms in total. The minimum absolute atomic E-state index is 0.00177. The van der Waals surface area contributed by atoms with E-state index in [0.29, 0.717) is 59.0 Å². The number of nitrogens with one attached hydrogen (secondary N) is 2. The second-order valence-corrected chi connectivity index (χ2v) is 7.75. The molecule has 0 spiro atoms. The lowest BCUT2D eigenvalue weighted by Gasteiger charge is -2.27. The molecule has 0 unspecified atom stereocenters. The van der Waals surface area contributed by atoms with E-state index in [4.69, 9.17) is 4.42 Å². The van der Waals surface area contributed by atoms with Crippen molar-refractivity contribution in [1.29, 1.82) is 0 Å². The molecule has 28 heavy (non-hydrogen) atoms. The van der Waals surface area contributed by atoms with Crippen molar-refractivity contribution < 1.29 is 9.21 Å². The van der Waals surface area contributed by atoms with Gasteiger partial charge >= 0.3 is 0 Å². The number of anilines is 1. The molecule has 2 N–H and O–H groups in total. The predicted molar refractivity (Wildman–Crippen MR) is 101 cm³/mol. The fourth-order valence-corrected chi connectivity index (χ4v) is 3.69. The van der Waals surface area contributed by atoms with Gasteiger partial charge in [-0.1, -0.05) is 0 Å². The molecule has 4 heterocycles. The summed E-state index contributed by atoms with van der Waals surface area (Å²) in [6, 6.07) is 0. The maximum Gasteiger partial charge on any atom is 0.258 e. The van der Waals surface area contributed by atoms with Gasteiger partial charge in [-0.15, -0.1) is 0 Å². The summed E-state index contributed by atoms with van der Waals surface area (Å²) in [5, 5.41) is 4.04. The van der Waals surface area contributed by atoms with Crippen molar-refractivity contribution in [2.45, 2.75) is 45.2 Å². The number of H-pyrrole nitrogens is 1. The average molecular weight is 380 g/mol. The van der Waals surface area contributed by atoms with Gasteiger partial charge in [0.05, 0.1) is 29.5 Å². The number of fused-ring (bicyclic) bond motifs is 2. The number of aromatic amines is 1. The molecular formula is C19H20N6O3. The predicted octanol–water partition coefficient (Wildman–Crippen LogP) is 1.78. The van der Waals surface area contributed by atoms with Crippen molar-refractivity contribution in [2.24, 2.45) is 0 Å². The number of furan rings is 1. The minimum atomic E-state index is -0.164. The van der Waals surface area contributed by atoms with E-state index < -0.39 is 0 Å². The Bertz CT molecular complexity index is 1160. The van der Waals surface area contributed by atoms with Crippen molar-refractivity contribution in [3.05, 3.63) is 45.6 Å².